The zero-order valence-corrected chi connectivity index (χ0v) is 13.5. The van der Waals surface area contributed by atoms with Crippen LogP contribution in [0.2, 0.25) is 0 Å². The summed E-state index contributed by atoms with van der Waals surface area (Å²) in [5, 5.41) is 14.3. The van der Waals surface area contributed by atoms with Gasteiger partial charge in [-0.15, -0.1) is 0 Å². The highest BCUT2D eigenvalue weighted by atomic mass is 32.1. The van der Waals surface area contributed by atoms with Gasteiger partial charge in [0.1, 0.15) is 5.82 Å². The maximum Gasteiger partial charge on any atom is 0.269 e. The largest absolute Gasteiger partial charge is 0.345 e. The summed E-state index contributed by atoms with van der Waals surface area (Å²) in [5.74, 6) is -0.320. The summed E-state index contributed by atoms with van der Waals surface area (Å²) in [6.45, 7) is 1.90. The zero-order valence-electron chi connectivity index (χ0n) is 12.7. The van der Waals surface area contributed by atoms with Crippen LogP contribution in [0.1, 0.15) is 18.5 Å². The van der Waals surface area contributed by atoms with Gasteiger partial charge in [0, 0.05) is 24.9 Å². The minimum absolute atomic E-state index is 0.0418. The minimum Gasteiger partial charge on any atom is -0.345 e. The third-order valence-corrected chi connectivity index (χ3v) is 3.95. The van der Waals surface area contributed by atoms with E-state index >= 15 is 0 Å². The molecule has 7 heteroatoms. The molecular weight excluding hydrogens is 317 g/mol. The van der Waals surface area contributed by atoms with Gasteiger partial charge in [0.05, 0.1) is 11.0 Å². The van der Waals surface area contributed by atoms with Crippen molar-refractivity contribution in [3.05, 3.63) is 70.0 Å². The summed E-state index contributed by atoms with van der Waals surface area (Å²) in [4.78, 5) is 12.2. The molecule has 5 nitrogen and oxygen atoms in total. The maximum atomic E-state index is 12.9. The van der Waals surface area contributed by atoms with E-state index in [0.29, 0.717) is 10.8 Å². The first-order chi connectivity index (χ1) is 10.9. The Bertz CT molecular complexity index is 722. The Morgan fingerprint density at radius 3 is 2.57 bits per heavy atom. The molecule has 0 spiro atoms. The topological polar surface area (TPSA) is 58.4 Å². The molecule has 2 rings (SSSR count). The van der Waals surface area contributed by atoms with Crippen molar-refractivity contribution in [3.63, 3.8) is 0 Å². The summed E-state index contributed by atoms with van der Waals surface area (Å²) in [6.07, 6.45) is 0. The molecule has 0 aliphatic heterocycles. The molecule has 1 atom stereocenters. The van der Waals surface area contributed by atoms with E-state index in [9.17, 15) is 14.5 Å². The summed E-state index contributed by atoms with van der Waals surface area (Å²) in [5.41, 5.74) is 1.50. The quantitative estimate of drug-likeness (QED) is 0.518. The lowest BCUT2D eigenvalue weighted by molar-refractivity contribution is -0.384. The molecular formula is C16H16FN3O2S. The van der Waals surface area contributed by atoms with E-state index in [1.165, 1.54) is 24.3 Å². The summed E-state index contributed by atoms with van der Waals surface area (Å²) < 4.78 is 12.9. The van der Waals surface area contributed by atoms with Gasteiger partial charge in [-0.1, -0.05) is 12.1 Å². The Labute approximate surface area is 138 Å². The minimum atomic E-state index is -0.425. The number of nitrogens with one attached hydrogen (secondary N) is 1. The molecule has 0 heterocycles. The Morgan fingerprint density at radius 1 is 1.30 bits per heavy atom. The van der Waals surface area contributed by atoms with Crippen LogP contribution in [0.5, 0.6) is 0 Å². The van der Waals surface area contributed by atoms with Crippen molar-refractivity contribution >= 4 is 28.7 Å². The van der Waals surface area contributed by atoms with E-state index in [0.717, 1.165) is 5.56 Å². The molecule has 120 valence electrons. The van der Waals surface area contributed by atoms with Crippen molar-refractivity contribution in [2.75, 3.05) is 12.4 Å². The lowest BCUT2D eigenvalue weighted by Crippen LogP contribution is -2.33. The number of nitrogens with zero attached hydrogens (tertiary/aromatic N) is 2. The number of thiocarbonyl (C=S) groups is 1. The average Bonchev–Trinajstić information content (AvgIpc) is 2.55. The smallest absolute Gasteiger partial charge is 0.269 e. The highest BCUT2D eigenvalue weighted by Crippen LogP contribution is 2.23. The standard InChI is InChI=1S/C16H16FN3O2S/c1-11(12-4-3-5-15(10-12)20(21)22)19(2)16(23)18-14-8-6-13(17)7-9-14/h3-11H,1-2H3,(H,18,23)/t11-/m0/s1. The Balaban J connectivity index is 2.10. The van der Waals surface area contributed by atoms with E-state index in [4.69, 9.17) is 12.2 Å². The van der Waals surface area contributed by atoms with Crippen LogP contribution < -0.4 is 5.32 Å². The van der Waals surface area contributed by atoms with Crippen LogP contribution in [0.15, 0.2) is 48.5 Å². The molecule has 0 saturated carbocycles. The van der Waals surface area contributed by atoms with Crippen LogP contribution in [-0.2, 0) is 0 Å². The fourth-order valence-electron chi connectivity index (χ4n) is 2.04. The van der Waals surface area contributed by atoms with Gasteiger partial charge < -0.3 is 10.2 Å². The number of non-ortho nitro benzene ring substituents is 1. The van der Waals surface area contributed by atoms with Gasteiger partial charge in [0.25, 0.3) is 5.69 Å². The van der Waals surface area contributed by atoms with Crippen molar-refractivity contribution in [3.8, 4) is 0 Å². The van der Waals surface area contributed by atoms with Crippen LogP contribution in [-0.4, -0.2) is 22.0 Å². The van der Waals surface area contributed by atoms with E-state index in [-0.39, 0.29) is 17.5 Å². The second kappa shape index (κ2) is 7.15. The van der Waals surface area contributed by atoms with Crippen LogP contribution in [0.3, 0.4) is 0 Å². The number of hydrogen-bond donors (Lipinski definition) is 1. The van der Waals surface area contributed by atoms with Crippen molar-refractivity contribution in [1.29, 1.82) is 0 Å². The van der Waals surface area contributed by atoms with Gasteiger partial charge in [-0.25, -0.2) is 4.39 Å². The fraction of sp³-hybridized carbons (Fsp3) is 0.188. The average molecular weight is 333 g/mol. The predicted octanol–water partition coefficient (Wildman–Crippen LogP) is 4.12. The van der Waals surface area contributed by atoms with Crippen LogP contribution in [0, 0.1) is 15.9 Å². The first-order valence-corrected chi connectivity index (χ1v) is 7.33. The Hall–Kier alpha value is -2.54. The molecule has 2 aromatic rings. The number of nitro groups is 1. The number of nitro benzene ring substituents is 1. The molecule has 0 saturated heterocycles. The third-order valence-electron chi connectivity index (χ3n) is 3.56. The third kappa shape index (κ3) is 4.23. The molecule has 0 unspecified atom stereocenters. The van der Waals surface area contributed by atoms with Gasteiger partial charge in [-0.05, 0) is 49.0 Å². The van der Waals surface area contributed by atoms with Crippen LogP contribution >= 0.6 is 12.2 Å². The van der Waals surface area contributed by atoms with E-state index in [1.54, 1.807) is 30.1 Å². The van der Waals surface area contributed by atoms with Crippen molar-refractivity contribution < 1.29 is 9.31 Å². The number of halogens is 1. The second-order valence-electron chi connectivity index (χ2n) is 5.08. The number of hydrogen-bond acceptors (Lipinski definition) is 3. The van der Waals surface area contributed by atoms with Gasteiger partial charge in [0.15, 0.2) is 5.11 Å². The molecule has 0 fully saturated rings. The Kier molecular flexibility index (Phi) is 5.23. The van der Waals surface area contributed by atoms with Gasteiger partial charge in [0.2, 0.25) is 0 Å². The Morgan fingerprint density at radius 2 is 1.96 bits per heavy atom. The first-order valence-electron chi connectivity index (χ1n) is 6.92. The first kappa shape index (κ1) is 16.8. The maximum absolute atomic E-state index is 12.9. The van der Waals surface area contributed by atoms with Crippen molar-refractivity contribution in [2.45, 2.75) is 13.0 Å². The van der Waals surface area contributed by atoms with Gasteiger partial charge in [-0.2, -0.15) is 0 Å². The molecule has 0 amide bonds. The molecule has 0 aliphatic carbocycles. The summed E-state index contributed by atoms with van der Waals surface area (Å²) >= 11 is 5.34. The van der Waals surface area contributed by atoms with Gasteiger partial charge in [-0.3, -0.25) is 10.1 Å². The molecule has 2 aromatic carbocycles. The monoisotopic (exact) mass is 333 g/mol. The lowest BCUT2D eigenvalue weighted by Gasteiger charge is -2.28. The van der Waals surface area contributed by atoms with Crippen molar-refractivity contribution in [1.82, 2.24) is 4.90 Å². The number of benzene rings is 2. The lowest BCUT2D eigenvalue weighted by atomic mass is 10.1. The molecule has 0 bridgehead atoms. The van der Waals surface area contributed by atoms with Crippen LogP contribution in [0.25, 0.3) is 0 Å². The zero-order chi connectivity index (χ0) is 17.0. The molecule has 23 heavy (non-hydrogen) atoms. The fourth-order valence-corrected chi connectivity index (χ4v) is 2.32. The summed E-state index contributed by atoms with van der Waals surface area (Å²) in [7, 11) is 1.79. The van der Waals surface area contributed by atoms with Crippen LogP contribution in [0.4, 0.5) is 15.8 Å². The molecule has 0 radical (unpaired) electrons. The van der Waals surface area contributed by atoms with E-state index < -0.39 is 4.92 Å². The van der Waals surface area contributed by atoms with Gasteiger partial charge >= 0.3 is 0 Å². The summed E-state index contributed by atoms with van der Waals surface area (Å²) in [6, 6.07) is 12.1. The molecule has 1 N–H and O–H groups in total. The van der Waals surface area contributed by atoms with E-state index in [2.05, 4.69) is 5.32 Å². The normalized spacial score (nSPS) is 11.6. The number of anilines is 1. The number of rotatable bonds is 4. The highest BCUT2D eigenvalue weighted by Gasteiger charge is 2.17. The highest BCUT2D eigenvalue weighted by molar-refractivity contribution is 7.80. The predicted molar refractivity (Wildman–Crippen MR) is 91.9 cm³/mol. The van der Waals surface area contributed by atoms with E-state index in [1.807, 2.05) is 13.0 Å². The molecule has 0 aromatic heterocycles. The molecule has 0 aliphatic rings. The SMILES string of the molecule is C[C@@H](c1cccc([N+](=O)[O-])c1)N(C)C(=S)Nc1ccc(F)cc1. The van der Waals surface area contributed by atoms with Crippen molar-refractivity contribution in [2.24, 2.45) is 0 Å². The second-order valence-corrected chi connectivity index (χ2v) is 5.46.